The SMILES string of the molecule is Cl[C@H]1N=c2ccccc2=CN1C1CC1. The van der Waals surface area contributed by atoms with Gasteiger partial charge in [0.15, 0.2) is 5.62 Å². The minimum absolute atomic E-state index is 0.211. The summed E-state index contributed by atoms with van der Waals surface area (Å²) < 4.78 is 0. The first kappa shape index (κ1) is 8.30. The zero-order chi connectivity index (χ0) is 9.54. The summed E-state index contributed by atoms with van der Waals surface area (Å²) in [6, 6.07) is 8.73. The average molecular weight is 207 g/mol. The summed E-state index contributed by atoms with van der Waals surface area (Å²) in [5, 5.41) is 2.18. The van der Waals surface area contributed by atoms with Crippen molar-refractivity contribution in [3.05, 3.63) is 34.8 Å². The summed E-state index contributed by atoms with van der Waals surface area (Å²) in [5.74, 6) is 0. The van der Waals surface area contributed by atoms with Crippen LogP contribution in [-0.4, -0.2) is 16.6 Å². The molecule has 1 aromatic rings. The molecule has 0 spiro atoms. The van der Waals surface area contributed by atoms with E-state index >= 15 is 0 Å². The first-order valence-corrected chi connectivity index (χ1v) is 5.34. The van der Waals surface area contributed by atoms with Gasteiger partial charge in [0.05, 0.1) is 5.36 Å². The Morgan fingerprint density at radius 1 is 1.29 bits per heavy atom. The largest absolute Gasteiger partial charge is 0.340 e. The van der Waals surface area contributed by atoms with Gasteiger partial charge in [-0.05, 0) is 18.9 Å². The van der Waals surface area contributed by atoms with Gasteiger partial charge in [-0.25, -0.2) is 4.99 Å². The van der Waals surface area contributed by atoms with Crippen molar-refractivity contribution in [2.24, 2.45) is 4.99 Å². The topological polar surface area (TPSA) is 15.6 Å². The van der Waals surface area contributed by atoms with Gasteiger partial charge in [0.1, 0.15) is 0 Å². The van der Waals surface area contributed by atoms with Crippen LogP contribution >= 0.6 is 11.6 Å². The first-order chi connectivity index (χ1) is 6.84. The van der Waals surface area contributed by atoms with Gasteiger partial charge in [-0.3, -0.25) is 0 Å². The molecular formula is C11H11ClN2. The molecule has 1 saturated carbocycles. The Bertz CT molecular complexity index is 464. The van der Waals surface area contributed by atoms with E-state index in [-0.39, 0.29) is 5.62 Å². The van der Waals surface area contributed by atoms with Crippen molar-refractivity contribution in [1.29, 1.82) is 0 Å². The molecule has 3 rings (SSSR count). The summed E-state index contributed by atoms with van der Waals surface area (Å²) in [6.45, 7) is 0. The van der Waals surface area contributed by atoms with E-state index in [4.69, 9.17) is 11.6 Å². The quantitative estimate of drug-likeness (QED) is 0.495. The van der Waals surface area contributed by atoms with Gasteiger partial charge in [-0.2, -0.15) is 0 Å². The Balaban J connectivity index is 2.13. The van der Waals surface area contributed by atoms with Crippen molar-refractivity contribution in [3.8, 4) is 0 Å². The summed E-state index contributed by atoms with van der Waals surface area (Å²) in [4.78, 5) is 6.61. The zero-order valence-corrected chi connectivity index (χ0v) is 8.48. The van der Waals surface area contributed by atoms with Crippen molar-refractivity contribution in [1.82, 2.24) is 4.90 Å². The van der Waals surface area contributed by atoms with E-state index in [9.17, 15) is 0 Å². The summed E-state index contributed by atoms with van der Waals surface area (Å²) in [5.41, 5.74) is -0.211. The average Bonchev–Trinajstić information content (AvgIpc) is 3.00. The van der Waals surface area contributed by atoms with Gasteiger partial charge in [0, 0.05) is 17.5 Å². The van der Waals surface area contributed by atoms with Crippen LogP contribution in [0.2, 0.25) is 0 Å². The Morgan fingerprint density at radius 2 is 2.07 bits per heavy atom. The lowest BCUT2D eigenvalue weighted by molar-refractivity contribution is 0.368. The lowest BCUT2D eigenvalue weighted by atomic mass is 10.2. The van der Waals surface area contributed by atoms with Gasteiger partial charge in [-0.1, -0.05) is 29.8 Å². The third kappa shape index (κ3) is 1.30. The Morgan fingerprint density at radius 3 is 2.86 bits per heavy atom. The Hall–Kier alpha value is -1.02. The maximum absolute atomic E-state index is 6.17. The summed E-state index contributed by atoms with van der Waals surface area (Å²) in [6.07, 6.45) is 4.63. The monoisotopic (exact) mass is 206 g/mol. The highest BCUT2D eigenvalue weighted by atomic mass is 35.5. The second-order valence-electron chi connectivity index (χ2n) is 3.81. The lowest BCUT2D eigenvalue weighted by Gasteiger charge is -2.25. The smallest absolute Gasteiger partial charge is 0.198 e. The molecule has 72 valence electrons. The second-order valence-corrected chi connectivity index (χ2v) is 4.20. The van der Waals surface area contributed by atoms with Gasteiger partial charge in [0.2, 0.25) is 0 Å². The molecule has 1 aromatic carbocycles. The number of halogens is 1. The van der Waals surface area contributed by atoms with Crippen LogP contribution in [0.4, 0.5) is 0 Å². The number of fused-ring (bicyclic) bond motifs is 1. The van der Waals surface area contributed by atoms with E-state index in [1.54, 1.807) is 0 Å². The maximum Gasteiger partial charge on any atom is 0.198 e. The van der Waals surface area contributed by atoms with Crippen LogP contribution < -0.4 is 10.6 Å². The molecule has 2 aliphatic rings. The molecule has 1 aliphatic carbocycles. The molecule has 14 heavy (non-hydrogen) atoms. The van der Waals surface area contributed by atoms with Crippen LogP contribution in [0.3, 0.4) is 0 Å². The molecule has 0 saturated heterocycles. The van der Waals surface area contributed by atoms with E-state index in [0.717, 1.165) is 5.36 Å². The number of alkyl halides is 1. The lowest BCUT2D eigenvalue weighted by Crippen LogP contribution is -2.40. The van der Waals surface area contributed by atoms with Gasteiger partial charge in [-0.15, -0.1) is 0 Å². The standard InChI is InChI=1S/C11H11ClN2/c12-11-13-10-4-2-1-3-8(10)7-14(11)9-5-6-9/h1-4,7,9,11H,5-6H2/t11-/m0/s1. The van der Waals surface area contributed by atoms with Gasteiger partial charge >= 0.3 is 0 Å². The van der Waals surface area contributed by atoms with Crippen molar-refractivity contribution >= 4 is 17.8 Å². The Labute approximate surface area is 87.5 Å². The number of rotatable bonds is 1. The fourth-order valence-electron chi connectivity index (χ4n) is 1.77. The number of benzene rings is 1. The van der Waals surface area contributed by atoms with Crippen LogP contribution in [0, 0.1) is 0 Å². The molecule has 0 radical (unpaired) electrons. The molecule has 0 unspecified atom stereocenters. The van der Waals surface area contributed by atoms with Crippen LogP contribution in [-0.2, 0) is 0 Å². The molecule has 3 heteroatoms. The van der Waals surface area contributed by atoms with E-state index in [1.807, 2.05) is 18.2 Å². The molecule has 0 aromatic heterocycles. The normalized spacial score (nSPS) is 24.9. The Kier molecular flexibility index (Phi) is 1.77. The molecule has 1 heterocycles. The molecule has 0 amide bonds. The minimum Gasteiger partial charge on any atom is -0.340 e. The molecule has 0 N–H and O–H groups in total. The van der Waals surface area contributed by atoms with E-state index in [1.165, 1.54) is 18.1 Å². The third-order valence-electron chi connectivity index (χ3n) is 2.69. The van der Waals surface area contributed by atoms with E-state index in [2.05, 4.69) is 22.2 Å². The molecule has 2 nitrogen and oxygen atoms in total. The van der Waals surface area contributed by atoms with E-state index < -0.39 is 0 Å². The molecular weight excluding hydrogens is 196 g/mol. The molecule has 1 aliphatic heterocycles. The van der Waals surface area contributed by atoms with Crippen LogP contribution in [0.1, 0.15) is 12.8 Å². The van der Waals surface area contributed by atoms with Gasteiger partial charge < -0.3 is 4.90 Å². The molecule has 0 bridgehead atoms. The van der Waals surface area contributed by atoms with Crippen LogP contribution in [0.5, 0.6) is 0 Å². The first-order valence-electron chi connectivity index (χ1n) is 4.91. The van der Waals surface area contributed by atoms with Crippen LogP contribution in [0.25, 0.3) is 6.20 Å². The summed E-state index contributed by atoms with van der Waals surface area (Å²) >= 11 is 6.17. The fraction of sp³-hybridized carbons (Fsp3) is 0.364. The predicted molar refractivity (Wildman–Crippen MR) is 56.2 cm³/mol. The highest BCUT2D eigenvalue weighted by Gasteiger charge is 2.31. The zero-order valence-electron chi connectivity index (χ0n) is 7.73. The van der Waals surface area contributed by atoms with Crippen molar-refractivity contribution in [2.45, 2.75) is 24.5 Å². The fourth-order valence-corrected chi connectivity index (χ4v) is 2.09. The highest BCUT2D eigenvalue weighted by molar-refractivity contribution is 6.20. The second kappa shape index (κ2) is 2.99. The summed E-state index contributed by atoms with van der Waals surface area (Å²) in [7, 11) is 0. The van der Waals surface area contributed by atoms with E-state index in [0.29, 0.717) is 6.04 Å². The number of nitrogens with zero attached hydrogens (tertiary/aromatic N) is 2. The van der Waals surface area contributed by atoms with Crippen molar-refractivity contribution < 1.29 is 0 Å². The molecule has 1 atom stereocenters. The van der Waals surface area contributed by atoms with Crippen molar-refractivity contribution in [3.63, 3.8) is 0 Å². The van der Waals surface area contributed by atoms with Gasteiger partial charge in [0.25, 0.3) is 0 Å². The number of hydrogen-bond acceptors (Lipinski definition) is 2. The van der Waals surface area contributed by atoms with Crippen molar-refractivity contribution in [2.75, 3.05) is 0 Å². The number of hydrogen-bond donors (Lipinski definition) is 0. The predicted octanol–water partition coefficient (Wildman–Crippen LogP) is 1.04. The third-order valence-corrected chi connectivity index (χ3v) is 3.01. The van der Waals surface area contributed by atoms with Crippen LogP contribution in [0.15, 0.2) is 29.3 Å². The minimum atomic E-state index is -0.211. The maximum atomic E-state index is 6.17. The molecule has 1 fully saturated rings. The number of para-hydroxylation sites is 1. The highest BCUT2D eigenvalue weighted by Crippen LogP contribution is 2.30.